The quantitative estimate of drug-likeness (QED) is 0.510. The molecule has 0 saturated carbocycles. The van der Waals surface area contributed by atoms with Crippen molar-refractivity contribution < 1.29 is 23.5 Å². The smallest absolute Gasteiger partial charge is 0.343 e. The van der Waals surface area contributed by atoms with Crippen molar-refractivity contribution in [2.24, 2.45) is 0 Å². The van der Waals surface area contributed by atoms with E-state index < -0.39 is 5.97 Å². The van der Waals surface area contributed by atoms with Gasteiger partial charge in [0.25, 0.3) is 0 Å². The fraction of sp³-hybridized carbons (Fsp3) is 0.478. The lowest BCUT2D eigenvalue weighted by Crippen LogP contribution is -2.19. The third kappa shape index (κ3) is 5.62. The van der Waals surface area contributed by atoms with Crippen LogP contribution < -0.4 is 5.73 Å². The molecule has 0 spiro atoms. The number of ether oxygens (including phenoxy) is 2. The van der Waals surface area contributed by atoms with Crippen molar-refractivity contribution in [3.05, 3.63) is 52.3 Å². The van der Waals surface area contributed by atoms with E-state index in [0.29, 0.717) is 30.6 Å². The van der Waals surface area contributed by atoms with Gasteiger partial charge in [0.15, 0.2) is 0 Å². The molecule has 0 amide bonds. The zero-order valence-corrected chi connectivity index (χ0v) is 18.0. The Morgan fingerprint density at radius 3 is 2.48 bits per heavy atom. The van der Waals surface area contributed by atoms with Gasteiger partial charge in [-0.3, -0.25) is 0 Å². The molecule has 158 valence electrons. The first kappa shape index (κ1) is 22.5. The van der Waals surface area contributed by atoms with Crippen molar-refractivity contribution in [1.29, 1.82) is 0 Å². The molecule has 2 rings (SSSR count). The van der Waals surface area contributed by atoms with E-state index in [4.69, 9.17) is 19.6 Å². The molecule has 0 aliphatic carbocycles. The summed E-state index contributed by atoms with van der Waals surface area (Å²) in [7, 11) is 1.31. The molecular formula is C23H31NO5. The van der Waals surface area contributed by atoms with E-state index in [1.807, 2.05) is 18.2 Å². The number of esters is 2. The van der Waals surface area contributed by atoms with Crippen molar-refractivity contribution in [2.75, 3.05) is 19.5 Å². The maximum atomic E-state index is 12.5. The summed E-state index contributed by atoms with van der Waals surface area (Å²) in [6.45, 7) is 8.70. The zero-order valence-electron chi connectivity index (χ0n) is 18.0. The van der Waals surface area contributed by atoms with Gasteiger partial charge >= 0.3 is 11.9 Å². The first-order valence-electron chi connectivity index (χ1n) is 9.93. The van der Waals surface area contributed by atoms with Crippen LogP contribution in [-0.4, -0.2) is 25.7 Å². The topological polar surface area (TPSA) is 91.8 Å². The molecule has 0 unspecified atom stereocenters. The molecule has 6 nitrogen and oxygen atoms in total. The largest absolute Gasteiger partial charge is 0.465 e. The number of hydrogen-bond donors (Lipinski definition) is 1. The summed E-state index contributed by atoms with van der Waals surface area (Å²) in [5.41, 5.74) is 9.11. The van der Waals surface area contributed by atoms with Crippen molar-refractivity contribution in [3.63, 3.8) is 0 Å². The Morgan fingerprint density at radius 2 is 1.86 bits per heavy atom. The molecule has 2 N–H and O–H groups in total. The van der Waals surface area contributed by atoms with Crippen LogP contribution >= 0.6 is 0 Å². The molecule has 1 aromatic carbocycles. The normalized spacial score (nSPS) is 11.3. The summed E-state index contributed by atoms with van der Waals surface area (Å²) in [5, 5.41) is 0. The van der Waals surface area contributed by atoms with Crippen LogP contribution in [-0.2, 0) is 27.7 Å². The number of anilines is 1. The maximum absolute atomic E-state index is 12.5. The highest BCUT2D eigenvalue weighted by Crippen LogP contribution is 2.29. The lowest BCUT2D eigenvalue weighted by molar-refractivity contribution is 0.0496. The van der Waals surface area contributed by atoms with E-state index in [9.17, 15) is 9.59 Å². The van der Waals surface area contributed by atoms with Crippen molar-refractivity contribution >= 4 is 17.8 Å². The van der Waals surface area contributed by atoms with Gasteiger partial charge in [0.05, 0.1) is 25.5 Å². The SMILES string of the molecule is CCCCOC(=O)c1ccc(CCc2coc(N)c2C(=O)OC)cc1C(C)(C)C. The molecule has 1 aromatic heterocycles. The Balaban J connectivity index is 2.23. The van der Waals surface area contributed by atoms with Crippen LogP contribution in [0, 0.1) is 0 Å². The van der Waals surface area contributed by atoms with Crippen LogP contribution in [0.15, 0.2) is 28.9 Å². The Bertz CT molecular complexity index is 861. The minimum Gasteiger partial charge on any atom is -0.465 e. The van der Waals surface area contributed by atoms with Gasteiger partial charge < -0.3 is 19.6 Å². The van der Waals surface area contributed by atoms with E-state index in [-0.39, 0.29) is 22.8 Å². The van der Waals surface area contributed by atoms with E-state index in [1.54, 1.807) is 0 Å². The zero-order chi connectivity index (χ0) is 21.6. The summed E-state index contributed by atoms with van der Waals surface area (Å²) in [5.74, 6) is -0.732. The van der Waals surface area contributed by atoms with Crippen LogP contribution in [0.3, 0.4) is 0 Å². The van der Waals surface area contributed by atoms with E-state index in [2.05, 4.69) is 27.7 Å². The minimum atomic E-state index is -0.508. The molecule has 0 atom stereocenters. The Hall–Kier alpha value is -2.76. The number of carbonyl (C=O) groups excluding carboxylic acids is 2. The Morgan fingerprint density at radius 1 is 1.14 bits per heavy atom. The number of methoxy groups -OCH3 is 1. The average Bonchev–Trinajstić information content (AvgIpc) is 3.05. The molecule has 0 aliphatic rings. The maximum Gasteiger partial charge on any atom is 0.343 e. The van der Waals surface area contributed by atoms with Crippen molar-refractivity contribution in [3.8, 4) is 0 Å². The van der Waals surface area contributed by atoms with Crippen LogP contribution in [0.5, 0.6) is 0 Å². The van der Waals surface area contributed by atoms with Crippen LogP contribution in [0.2, 0.25) is 0 Å². The number of furan rings is 1. The van der Waals surface area contributed by atoms with Crippen LogP contribution in [0.1, 0.15) is 77.9 Å². The summed E-state index contributed by atoms with van der Waals surface area (Å²) >= 11 is 0. The first-order chi connectivity index (χ1) is 13.7. The van der Waals surface area contributed by atoms with Crippen LogP contribution in [0.4, 0.5) is 5.88 Å². The van der Waals surface area contributed by atoms with E-state index in [1.165, 1.54) is 13.4 Å². The number of rotatable bonds is 8. The molecule has 0 aliphatic heterocycles. The molecule has 1 heterocycles. The number of aryl methyl sites for hydroxylation is 2. The van der Waals surface area contributed by atoms with Crippen LogP contribution in [0.25, 0.3) is 0 Å². The number of unbranched alkanes of at least 4 members (excludes halogenated alkanes) is 1. The number of nitrogens with two attached hydrogens (primary N) is 1. The number of benzene rings is 1. The molecule has 2 aromatic rings. The molecule has 29 heavy (non-hydrogen) atoms. The third-order valence-corrected chi connectivity index (χ3v) is 4.81. The number of nitrogen functional groups attached to an aromatic ring is 1. The molecule has 6 heteroatoms. The fourth-order valence-electron chi connectivity index (χ4n) is 3.14. The van der Waals surface area contributed by atoms with Gasteiger partial charge in [-0.05, 0) is 41.9 Å². The summed E-state index contributed by atoms with van der Waals surface area (Å²) in [4.78, 5) is 24.5. The Kier molecular flexibility index (Phi) is 7.48. The van der Waals surface area contributed by atoms with Gasteiger partial charge in [0.2, 0.25) is 5.88 Å². The average molecular weight is 402 g/mol. The standard InChI is InChI=1S/C23H31NO5/c1-6-7-12-28-21(25)17-11-9-15(13-18(17)23(2,3)4)8-10-16-14-29-20(24)19(16)22(26)27-5/h9,11,13-14H,6-8,10,12,24H2,1-5H3. The minimum absolute atomic E-state index is 0.0624. The van der Waals surface area contributed by atoms with Gasteiger partial charge in [0.1, 0.15) is 5.56 Å². The highest BCUT2D eigenvalue weighted by atomic mass is 16.5. The third-order valence-electron chi connectivity index (χ3n) is 4.81. The highest BCUT2D eigenvalue weighted by Gasteiger charge is 2.24. The fourth-order valence-corrected chi connectivity index (χ4v) is 3.14. The van der Waals surface area contributed by atoms with Crippen molar-refractivity contribution in [1.82, 2.24) is 0 Å². The number of hydrogen-bond acceptors (Lipinski definition) is 6. The Labute approximate surface area is 172 Å². The monoisotopic (exact) mass is 401 g/mol. The molecule has 0 fully saturated rings. The number of carbonyl (C=O) groups is 2. The summed E-state index contributed by atoms with van der Waals surface area (Å²) in [6.07, 6.45) is 4.55. The summed E-state index contributed by atoms with van der Waals surface area (Å²) in [6, 6.07) is 5.79. The predicted molar refractivity (Wildman–Crippen MR) is 112 cm³/mol. The van der Waals surface area contributed by atoms with Gasteiger partial charge in [-0.1, -0.05) is 46.2 Å². The second-order valence-electron chi connectivity index (χ2n) is 8.11. The molecular weight excluding hydrogens is 370 g/mol. The van der Waals surface area contributed by atoms with Gasteiger partial charge in [-0.25, -0.2) is 9.59 Å². The molecule has 0 bridgehead atoms. The highest BCUT2D eigenvalue weighted by molar-refractivity contribution is 5.95. The predicted octanol–water partition coefficient (Wildman–Crippen LogP) is 4.69. The first-order valence-corrected chi connectivity index (χ1v) is 9.93. The second kappa shape index (κ2) is 9.63. The van der Waals surface area contributed by atoms with E-state index >= 15 is 0 Å². The second-order valence-corrected chi connectivity index (χ2v) is 8.11. The van der Waals surface area contributed by atoms with Gasteiger partial charge in [-0.15, -0.1) is 0 Å². The lowest BCUT2D eigenvalue weighted by Gasteiger charge is -2.23. The van der Waals surface area contributed by atoms with Gasteiger partial charge in [-0.2, -0.15) is 0 Å². The molecule has 0 saturated heterocycles. The van der Waals surface area contributed by atoms with Crippen molar-refractivity contribution in [2.45, 2.75) is 58.8 Å². The lowest BCUT2D eigenvalue weighted by atomic mass is 9.82. The van der Waals surface area contributed by atoms with Gasteiger partial charge in [0, 0.05) is 5.56 Å². The molecule has 0 radical (unpaired) electrons. The van der Waals surface area contributed by atoms with E-state index in [0.717, 1.165) is 24.0 Å². The summed E-state index contributed by atoms with van der Waals surface area (Å²) < 4.78 is 15.4.